The minimum absolute atomic E-state index is 0.388. The molecule has 1 aliphatic heterocycles. The first-order valence-corrected chi connectivity index (χ1v) is 5.74. The molecule has 1 aromatic carbocycles. The van der Waals surface area contributed by atoms with E-state index in [9.17, 15) is 14.7 Å². The number of aliphatic hydroxyl groups is 1. The van der Waals surface area contributed by atoms with Crippen LogP contribution >= 0.6 is 0 Å². The van der Waals surface area contributed by atoms with Gasteiger partial charge in [0.15, 0.2) is 11.4 Å². The molecule has 6 heteroatoms. The number of anilines is 1. The molecule has 0 saturated heterocycles. The molecule has 102 valence electrons. The monoisotopic (exact) mass is 265 g/mol. The van der Waals surface area contributed by atoms with E-state index in [2.05, 4.69) is 5.32 Å². The largest absolute Gasteiger partial charge is 0.375 e. The molecule has 0 fully saturated rings. The fourth-order valence-electron chi connectivity index (χ4n) is 2.17. The van der Waals surface area contributed by atoms with E-state index < -0.39 is 30.0 Å². The minimum Gasteiger partial charge on any atom is -0.375 e. The summed E-state index contributed by atoms with van der Waals surface area (Å²) in [5, 5.41) is 13.0. The topological polar surface area (TPSA) is 84.9 Å². The van der Waals surface area contributed by atoms with Gasteiger partial charge in [0.1, 0.15) is 0 Å². The molecule has 1 amide bonds. The van der Waals surface area contributed by atoms with Crippen molar-refractivity contribution in [3.05, 3.63) is 29.8 Å². The van der Waals surface area contributed by atoms with Crippen molar-refractivity contribution in [1.29, 1.82) is 0 Å². The van der Waals surface area contributed by atoms with Gasteiger partial charge in [0, 0.05) is 25.5 Å². The number of carbonyl (C=O) groups is 2. The van der Waals surface area contributed by atoms with Crippen LogP contribution in [0.2, 0.25) is 0 Å². The van der Waals surface area contributed by atoms with E-state index in [-0.39, 0.29) is 0 Å². The summed E-state index contributed by atoms with van der Waals surface area (Å²) in [6.45, 7) is 0. The second-order valence-corrected chi connectivity index (χ2v) is 4.31. The number of amides is 1. The van der Waals surface area contributed by atoms with Crippen LogP contribution < -0.4 is 5.32 Å². The Morgan fingerprint density at radius 2 is 2.00 bits per heavy atom. The highest BCUT2D eigenvalue weighted by molar-refractivity contribution is 6.07. The summed E-state index contributed by atoms with van der Waals surface area (Å²) in [7, 11) is 2.64. The third-order valence-corrected chi connectivity index (χ3v) is 3.12. The number of para-hydroxylation sites is 1. The van der Waals surface area contributed by atoms with Gasteiger partial charge in [0.05, 0.1) is 6.42 Å². The molecule has 0 radical (unpaired) electrons. The molecule has 0 bridgehead atoms. The lowest BCUT2D eigenvalue weighted by Crippen LogP contribution is -2.40. The Bertz CT molecular complexity index is 512. The van der Waals surface area contributed by atoms with Gasteiger partial charge in [0.2, 0.25) is 6.29 Å². The van der Waals surface area contributed by atoms with E-state index in [1.54, 1.807) is 24.3 Å². The van der Waals surface area contributed by atoms with Gasteiger partial charge in [-0.2, -0.15) is 0 Å². The van der Waals surface area contributed by atoms with E-state index in [0.29, 0.717) is 11.3 Å². The summed E-state index contributed by atoms with van der Waals surface area (Å²) < 4.78 is 9.65. The number of ketones is 1. The first-order chi connectivity index (χ1) is 9.02. The van der Waals surface area contributed by atoms with E-state index in [0.717, 1.165) is 0 Å². The Labute approximate surface area is 110 Å². The van der Waals surface area contributed by atoms with Crippen molar-refractivity contribution in [2.75, 3.05) is 19.5 Å². The number of methoxy groups -OCH3 is 2. The second kappa shape index (κ2) is 5.08. The van der Waals surface area contributed by atoms with Gasteiger partial charge in [0.25, 0.3) is 5.91 Å². The van der Waals surface area contributed by atoms with Gasteiger partial charge in [-0.1, -0.05) is 18.2 Å². The summed E-state index contributed by atoms with van der Waals surface area (Å²) >= 11 is 0. The van der Waals surface area contributed by atoms with E-state index in [1.807, 2.05) is 0 Å². The first kappa shape index (κ1) is 13.7. The Kier molecular flexibility index (Phi) is 3.66. The third kappa shape index (κ3) is 2.25. The smallest absolute Gasteiger partial charge is 0.261 e. The fourth-order valence-corrected chi connectivity index (χ4v) is 2.17. The number of hydrogen-bond acceptors (Lipinski definition) is 5. The lowest BCUT2D eigenvalue weighted by atomic mass is 9.90. The molecule has 0 aromatic heterocycles. The lowest BCUT2D eigenvalue weighted by molar-refractivity contribution is -0.163. The molecular formula is C13H15NO5. The van der Waals surface area contributed by atoms with E-state index in [4.69, 9.17) is 9.47 Å². The van der Waals surface area contributed by atoms with Crippen molar-refractivity contribution in [3.63, 3.8) is 0 Å². The van der Waals surface area contributed by atoms with Crippen LogP contribution in [-0.2, 0) is 24.7 Å². The maximum Gasteiger partial charge on any atom is 0.261 e. The van der Waals surface area contributed by atoms with Gasteiger partial charge in [-0.3, -0.25) is 9.59 Å². The van der Waals surface area contributed by atoms with E-state index in [1.165, 1.54) is 14.2 Å². The number of benzene rings is 1. The third-order valence-electron chi connectivity index (χ3n) is 3.12. The van der Waals surface area contributed by atoms with Gasteiger partial charge in [-0.25, -0.2) is 0 Å². The Balaban J connectivity index is 2.28. The molecule has 1 heterocycles. The molecule has 0 spiro atoms. The van der Waals surface area contributed by atoms with Gasteiger partial charge in [-0.15, -0.1) is 0 Å². The number of Topliss-reactive ketones (excluding diaryl/α,β-unsaturated/α-hetero) is 1. The fraction of sp³-hybridized carbons (Fsp3) is 0.385. The molecule has 0 aliphatic carbocycles. The van der Waals surface area contributed by atoms with Crippen molar-refractivity contribution in [2.45, 2.75) is 18.3 Å². The Hall–Kier alpha value is -1.76. The highest BCUT2D eigenvalue weighted by Crippen LogP contribution is 2.38. The summed E-state index contributed by atoms with van der Waals surface area (Å²) in [4.78, 5) is 23.8. The molecule has 1 aliphatic rings. The van der Waals surface area contributed by atoms with Crippen LogP contribution in [-0.4, -0.2) is 37.3 Å². The Morgan fingerprint density at radius 3 is 2.63 bits per heavy atom. The molecule has 1 aromatic rings. The quantitative estimate of drug-likeness (QED) is 0.753. The molecular weight excluding hydrogens is 250 g/mol. The molecule has 2 N–H and O–H groups in total. The lowest BCUT2D eigenvalue weighted by Gasteiger charge is -2.22. The SMILES string of the molecule is COC(OC)C(=O)C[C@@]1(O)C(=O)Nc2ccccc21. The number of nitrogens with one attached hydrogen (secondary N) is 1. The highest BCUT2D eigenvalue weighted by Gasteiger charge is 2.47. The van der Waals surface area contributed by atoms with Crippen LogP contribution in [0.4, 0.5) is 5.69 Å². The normalized spacial score (nSPS) is 21.4. The molecule has 6 nitrogen and oxygen atoms in total. The zero-order valence-corrected chi connectivity index (χ0v) is 10.7. The zero-order chi connectivity index (χ0) is 14.0. The van der Waals surface area contributed by atoms with Gasteiger partial charge in [-0.05, 0) is 6.07 Å². The number of hydrogen-bond donors (Lipinski definition) is 2. The van der Waals surface area contributed by atoms with Crippen LogP contribution in [0.25, 0.3) is 0 Å². The van der Waals surface area contributed by atoms with Crippen molar-refractivity contribution in [3.8, 4) is 0 Å². The molecule has 0 saturated carbocycles. The van der Waals surface area contributed by atoms with Gasteiger partial charge >= 0.3 is 0 Å². The average molecular weight is 265 g/mol. The van der Waals surface area contributed by atoms with E-state index >= 15 is 0 Å². The van der Waals surface area contributed by atoms with Crippen molar-refractivity contribution in [2.24, 2.45) is 0 Å². The highest BCUT2D eigenvalue weighted by atomic mass is 16.7. The summed E-state index contributed by atoms with van der Waals surface area (Å²) in [5.74, 6) is -1.12. The van der Waals surface area contributed by atoms with Crippen LogP contribution in [0.5, 0.6) is 0 Å². The predicted molar refractivity (Wildman–Crippen MR) is 66.4 cm³/mol. The summed E-state index contributed by atoms with van der Waals surface area (Å²) in [6.07, 6.45) is -1.49. The number of rotatable bonds is 5. The molecule has 0 unspecified atom stereocenters. The number of carbonyl (C=O) groups excluding carboxylic acids is 2. The van der Waals surface area contributed by atoms with Crippen molar-refractivity contribution >= 4 is 17.4 Å². The Morgan fingerprint density at radius 1 is 1.37 bits per heavy atom. The first-order valence-electron chi connectivity index (χ1n) is 5.74. The maximum absolute atomic E-state index is 11.9. The number of ether oxygens (including phenoxy) is 2. The molecule has 1 atom stereocenters. The molecule has 2 rings (SSSR count). The zero-order valence-electron chi connectivity index (χ0n) is 10.7. The standard InChI is InChI=1S/C13H15NO5/c1-18-11(19-2)10(15)7-13(17)8-5-3-4-6-9(8)14-12(13)16/h3-6,11,17H,7H2,1-2H3,(H,14,16)/t13-/m0/s1. The summed E-state index contributed by atoms with van der Waals surface area (Å²) in [5.41, 5.74) is -0.975. The minimum atomic E-state index is -1.87. The molecule has 19 heavy (non-hydrogen) atoms. The van der Waals surface area contributed by atoms with Gasteiger partial charge < -0.3 is 19.9 Å². The maximum atomic E-state index is 11.9. The summed E-state index contributed by atoms with van der Waals surface area (Å²) in [6, 6.07) is 6.70. The van der Waals surface area contributed by atoms with Crippen LogP contribution in [0.1, 0.15) is 12.0 Å². The van der Waals surface area contributed by atoms with Crippen molar-refractivity contribution in [1.82, 2.24) is 0 Å². The van der Waals surface area contributed by atoms with Crippen LogP contribution in [0, 0.1) is 0 Å². The number of fused-ring (bicyclic) bond motifs is 1. The average Bonchev–Trinajstić information content (AvgIpc) is 2.63. The van der Waals surface area contributed by atoms with Crippen LogP contribution in [0.3, 0.4) is 0 Å². The predicted octanol–water partition coefficient (Wildman–Crippen LogP) is 0.404. The van der Waals surface area contributed by atoms with Crippen LogP contribution in [0.15, 0.2) is 24.3 Å². The second-order valence-electron chi connectivity index (χ2n) is 4.31. The van der Waals surface area contributed by atoms with Crippen molar-refractivity contribution < 1.29 is 24.2 Å².